The van der Waals surface area contributed by atoms with Crippen LogP contribution in [0, 0.1) is 0 Å². The van der Waals surface area contributed by atoms with E-state index >= 15 is 0 Å². The number of rotatable bonds is 11. The predicted molar refractivity (Wildman–Crippen MR) is 214 cm³/mol. The Kier molecular flexibility index (Phi) is 10.3. The standard InChI is InChI=1S/C42H44P2Si2/c1-45(2,41-29-25-39(26-30-41)43(35-17-9-5-10-18-35)36-19-11-6-12-20-36)33-34-46(3,4)42-31-27-40(28-32-42)44(37-21-13-7-14-22-37)38-23-15-8-16-24-38/h5-32H,33-34H2,1-4H3. The Morgan fingerprint density at radius 2 is 0.522 bits per heavy atom. The molecule has 0 aliphatic heterocycles. The largest absolute Gasteiger partial charge is 0.0803 e. The molecule has 0 N–H and O–H groups in total. The zero-order chi connectivity index (χ0) is 32.0. The van der Waals surface area contributed by atoms with Crippen molar-refractivity contribution in [3.8, 4) is 0 Å². The zero-order valence-corrected chi connectivity index (χ0v) is 31.3. The van der Waals surface area contributed by atoms with Gasteiger partial charge in [-0.3, -0.25) is 0 Å². The first kappa shape index (κ1) is 32.6. The van der Waals surface area contributed by atoms with Crippen LogP contribution >= 0.6 is 15.8 Å². The van der Waals surface area contributed by atoms with Crippen molar-refractivity contribution in [3.63, 3.8) is 0 Å². The second-order valence-electron chi connectivity index (χ2n) is 13.4. The van der Waals surface area contributed by atoms with Gasteiger partial charge < -0.3 is 0 Å². The lowest BCUT2D eigenvalue weighted by molar-refractivity contribution is 1.30. The Hall–Kier alpha value is -3.39. The summed E-state index contributed by atoms with van der Waals surface area (Å²) in [6.45, 7) is 10.3. The molecule has 0 saturated heterocycles. The third-order valence-electron chi connectivity index (χ3n) is 9.25. The molecule has 4 heteroatoms. The summed E-state index contributed by atoms with van der Waals surface area (Å²) in [5.74, 6) is 0. The van der Waals surface area contributed by atoms with E-state index in [4.69, 9.17) is 0 Å². The molecule has 0 bridgehead atoms. The van der Waals surface area contributed by atoms with Crippen LogP contribution in [0.25, 0.3) is 0 Å². The molecule has 6 aromatic carbocycles. The molecule has 0 radical (unpaired) electrons. The minimum absolute atomic E-state index is 0.565. The summed E-state index contributed by atoms with van der Waals surface area (Å²) in [5, 5.41) is 11.6. The summed E-state index contributed by atoms with van der Waals surface area (Å²) in [6.07, 6.45) is 0. The van der Waals surface area contributed by atoms with Crippen LogP contribution < -0.4 is 42.2 Å². The monoisotopic (exact) mass is 666 g/mol. The van der Waals surface area contributed by atoms with Crippen LogP contribution in [0.4, 0.5) is 0 Å². The fraction of sp³-hybridized carbons (Fsp3) is 0.143. The lowest BCUT2D eigenvalue weighted by Gasteiger charge is -2.30. The van der Waals surface area contributed by atoms with Gasteiger partial charge in [0.1, 0.15) is 0 Å². The van der Waals surface area contributed by atoms with Gasteiger partial charge in [-0.2, -0.15) is 0 Å². The van der Waals surface area contributed by atoms with Crippen LogP contribution in [0.2, 0.25) is 38.3 Å². The van der Waals surface area contributed by atoms with Crippen molar-refractivity contribution in [2.75, 3.05) is 0 Å². The molecule has 0 atom stereocenters. The average molecular weight is 667 g/mol. The third-order valence-corrected chi connectivity index (χ3v) is 21.4. The van der Waals surface area contributed by atoms with E-state index in [1.54, 1.807) is 10.4 Å². The molecule has 0 aromatic heterocycles. The Morgan fingerprint density at radius 3 is 0.761 bits per heavy atom. The highest BCUT2D eigenvalue weighted by Crippen LogP contribution is 2.34. The number of benzene rings is 6. The van der Waals surface area contributed by atoms with Crippen molar-refractivity contribution in [1.29, 1.82) is 0 Å². The molecule has 0 fully saturated rings. The van der Waals surface area contributed by atoms with Crippen LogP contribution in [0.3, 0.4) is 0 Å². The molecule has 0 heterocycles. The van der Waals surface area contributed by atoms with E-state index in [1.807, 2.05) is 0 Å². The van der Waals surface area contributed by atoms with Gasteiger partial charge >= 0.3 is 0 Å². The maximum atomic E-state index is 2.57. The van der Waals surface area contributed by atoms with Crippen molar-refractivity contribution < 1.29 is 0 Å². The Morgan fingerprint density at radius 1 is 0.304 bits per heavy atom. The van der Waals surface area contributed by atoms with E-state index in [-0.39, 0.29) is 0 Å². The van der Waals surface area contributed by atoms with Gasteiger partial charge in [0.05, 0.1) is 16.1 Å². The molecule has 6 rings (SSSR count). The fourth-order valence-electron chi connectivity index (χ4n) is 6.24. The van der Waals surface area contributed by atoms with Gasteiger partial charge in [-0.15, -0.1) is 0 Å². The van der Waals surface area contributed by atoms with E-state index < -0.39 is 32.0 Å². The lowest BCUT2D eigenvalue weighted by Crippen LogP contribution is -2.47. The predicted octanol–water partition coefficient (Wildman–Crippen LogP) is 7.73. The summed E-state index contributed by atoms with van der Waals surface area (Å²) < 4.78 is 0. The normalized spacial score (nSPS) is 12.0. The Balaban J connectivity index is 1.18. The van der Waals surface area contributed by atoms with Crippen molar-refractivity contribution >= 4 is 74.2 Å². The van der Waals surface area contributed by atoms with Crippen molar-refractivity contribution in [1.82, 2.24) is 0 Å². The molecule has 0 unspecified atom stereocenters. The first-order valence-electron chi connectivity index (χ1n) is 16.3. The topological polar surface area (TPSA) is 0 Å². The highest BCUT2D eigenvalue weighted by molar-refractivity contribution is 7.80. The van der Waals surface area contributed by atoms with Crippen molar-refractivity contribution in [3.05, 3.63) is 170 Å². The smallest absolute Gasteiger partial charge is 0.0654 e. The van der Waals surface area contributed by atoms with Crippen LogP contribution in [-0.4, -0.2) is 16.1 Å². The molecular formula is C42H44P2Si2. The minimum atomic E-state index is -1.61. The lowest BCUT2D eigenvalue weighted by atomic mass is 10.3. The average Bonchev–Trinajstić information content (AvgIpc) is 3.10. The van der Waals surface area contributed by atoms with Gasteiger partial charge in [0.15, 0.2) is 0 Å². The van der Waals surface area contributed by atoms with E-state index in [9.17, 15) is 0 Å². The molecule has 0 amide bonds. The van der Waals surface area contributed by atoms with Gasteiger partial charge in [0, 0.05) is 0 Å². The summed E-state index contributed by atoms with van der Waals surface area (Å²) in [5.41, 5.74) is 0. The third kappa shape index (κ3) is 7.59. The summed E-state index contributed by atoms with van der Waals surface area (Å²) in [7, 11) is -4.35. The molecular weight excluding hydrogens is 623 g/mol. The van der Waals surface area contributed by atoms with E-state index in [2.05, 4.69) is 196 Å². The van der Waals surface area contributed by atoms with Gasteiger partial charge in [0.25, 0.3) is 0 Å². The minimum Gasteiger partial charge on any atom is -0.0654 e. The second-order valence-corrected chi connectivity index (χ2v) is 27.5. The number of hydrogen-bond acceptors (Lipinski definition) is 0. The summed E-state index contributed by atoms with van der Waals surface area (Å²) >= 11 is 0. The van der Waals surface area contributed by atoms with E-state index in [0.29, 0.717) is 0 Å². The molecule has 0 saturated carbocycles. The second kappa shape index (κ2) is 14.6. The van der Waals surface area contributed by atoms with Crippen LogP contribution in [0.5, 0.6) is 0 Å². The maximum Gasteiger partial charge on any atom is 0.0803 e. The zero-order valence-electron chi connectivity index (χ0n) is 27.5. The van der Waals surface area contributed by atoms with E-state index in [0.717, 1.165) is 0 Å². The summed E-state index contributed by atoms with van der Waals surface area (Å²) in [4.78, 5) is 0. The fourth-order valence-corrected chi connectivity index (χ4v) is 18.5. The highest BCUT2D eigenvalue weighted by Gasteiger charge is 2.31. The SMILES string of the molecule is C[Si](C)(CC[Si](C)(C)c1ccc(P(c2ccccc2)c2ccccc2)cc1)c1ccc(P(c2ccccc2)c2ccccc2)cc1. The maximum absolute atomic E-state index is 2.57. The first-order valence-corrected chi connectivity index (χ1v) is 25.4. The highest BCUT2D eigenvalue weighted by atomic mass is 31.1. The van der Waals surface area contributed by atoms with E-state index in [1.165, 1.54) is 43.9 Å². The van der Waals surface area contributed by atoms with Crippen LogP contribution in [0.1, 0.15) is 0 Å². The summed E-state index contributed by atoms with van der Waals surface area (Å²) in [6, 6.07) is 66.3. The molecule has 0 nitrogen and oxygen atoms in total. The first-order chi connectivity index (χ1) is 22.3. The quantitative estimate of drug-likeness (QED) is 0.0981. The van der Waals surface area contributed by atoms with Crippen molar-refractivity contribution in [2.24, 2.45) is 0 Å². The van der Waals surface area contributed by atoms with Crippen LogP contribution in [-0.2, 0) is 0 Å². The molecule has 0 aliphatic rings. The molecule has 230 valence electrons. The Bertz CT molecular complexity index is 1590. The molecule has 46 heavy (non-hydrogen) atoms. The van der Waals surface area contributed by atoms with Gasteiger partial charge in [-0.1, -0.05) is 219 Å². The van der Waals surface area contributed by atoms with Crippen LogP contribution in [0.15, 0.2) is 170 Å². The molecule has 0 spiro atoms. The molecule has 6 aromatic rings. The Labute approximate surface area is 281 Å². The van der Waals surface area contributed by atoms with Gasteiger partial charge in [-0.25, -0.2) is 0 Å². The van der Waals surface area contributed by atoms with Gasteiger partial charge in [-0.05, 0) is 47.7 Å². The van der Waals surface area contributed by atoms with Crippen molar-refractivity contribution in [2.45, 2.75) is 38.3 Å². The van der Waals surface area contributed by atoms with Gasteiger partial charge in [0.2, 0.25) is 0 Å². The molecule has 0 aliphatic carbocycles. The number of hydrogen-bond donors (Lipinski definition) is 0.